The van der Waals surface area contributed by atoms with Crippen LogP contribution in [0.5, 0.6) is 0 Å². The maximum atomic E-state index is 13.2. The summed E-state index contributed by atoms with van der Waals surface area (Å²) in [5.41, 5.74) is -0.786. The largest absolute Gasteiger partial charge is 0.417 e. The number of hydrogen-bond acceptors (Lipinski definition) is 4. The van der Waals surface area contributed by atoms with Gasteiger partial charge in [-0.15, -0.1) is 18.3 Å². The van der Waals surface area contributed by atoms with Crippen LogP contribution in [0.4, 0.5) is 13.2 Å². The molecule has 2 aromatic rings. The third-order valence-corrected chi connectivity index (χ3v) is 3.69. The first-order chi connectivity index (χ1) is 10.5. The number of halogens is 3. The molecule has 0 fully saturated rings. The second-order valence-electron chi connectivity index (χ2n) is 4.18. The number of thioether (sulfide) groups is 1. The molecule has 0 amide bonds. The van der Waals surface area contributed by atoms with Crippen LogP contribution in [-0.2, 0) is 6.18 Å². The van der Waals surface area contributed by atoms with E-state index in [2.05, 4.69) is 16.5 Å². The molecule has 0 aliphatic carbocycles. The first-order valence-electron chi connectivity index (χ1n) is 6.13. The molecule has 0 aliphatic rings. The van der Waals surface area contributed by atoms with Crippen molar-refractivity contribution in [3.63, 3.8) is 0 Å². The molecule has 112 valence electrons. The fourth-order valence-corrected chi connectivity index (χ4v) is 2.50. The van der Waals surface area contributed by atoms with Gasteiger partial charge in [-0.3, -0.25) is 4.98 Å². The standard InChI is InChI=1S/C15H10F3N3S/c1-2-7-22-14-11(9-19)12(15(16,17)18)8-13(21-14)10-3-5-20-6-4-10/h2-6,8H,1,7H2. The summed E-state index contributed by atoms with van der Waals surface area (Å²) in [4.78, 5) is 8.02. The van der Waals surface area contributed by atoms with Crippen molar-refractivity contribution in [2.24, 2.45) is 0 Å². The van der Waals surface area contributed by atoms with E-state index in [0.717, 1.165) is 17.8 Å². The average Bonchev–Trinajstić information content (AvgIpc) is 2.51. The van der Waals surface area contributed by atoms with Crippen LogP contribution in [0.3, 0.4) is 0 Å². The fraction of sp³-hybridized carbons (Fsp3) is 0.133. The number of aromatic nitrogens is 2. The molecule has 0 spiro atoms. The first kappa shape index (κ1) is 16.0. The molecule has 2 heterocycles. The van der Waals surface area contributed by atoms with Gasteiger partial charge in [0.05, 0.1) is 16.8 Å². The number of nitrogens with zero attached hydrogens (tertiary/aromatic N) is 3. The van der Waals surface area contributed by atoms with Gasteiger partial charge in [0.15, 0.2) is 0 Å². The van der Waals surface area contributed by atoms with Crippen molar-refractivity contribution in [2.45, 2.75) is 11.2 Å². The molecule has 22 heavy (non-hydrogen) atoms. The Bertz CT molecular complexity index is 721. The SMILES string of the molecule is C=CCSc1nc(-c2ccncc2)cc(C(F)(F)F)c1C#N. The summed E-state index contributed by atoms with van der Waals surface area (Å²) < 4.78 is 39.6. The van der Waals surface area contributed by atoms with Crippen molar-refractivity contribution in [1.82, 2.24) is 9.97 Å². The smallest absolute Gasteiger partial charge is 0.265 e. The maximum absolute atomic E-state index is 13.2. The molecule has 3 nitrogen and oxygen atoms in total. The lowest BCUT2D eigenvalue weighted by molar-refractivity contribution is -0.138. The van der Waals surface area contributed by atoms with Crippen molar-refractivity contribution in [2.75, 3.05) is 5.75 Å². The fourth-order valence-electron chi connectivity index (χ4n) is 1.77. The van der Waals surface area contributed by atoms with E-state index in [-0.39, 0.29) is 10.7 Å². The number of pyridine rings is 2. The van der Waals surface area contributed by atoms with Gasteiger partial charge in [-0.2, -0.15) is 18.4 Å². The number of alkyl halides is 3. The molecule has 0 saturated heterocycles. The van der Waals surface area contributed by atoms with Crippen LogP contribution in [0.2, 0.25) is 0 Å². The molecule has 2 aromatic heterocycles. The van der Waals surface area contributed by atoms with Gasteiger partial charge in [0.2, 0.25) is 0 Å². The molecule has 7 heteroatoms. The van der Waals surface area contributed by atoms with Crippen LogP contribution in [0, 0.1) is 11.3 Å². The van der Waals surface area contributed by atoms with Gasteiger partial charge in [0.1, 0.15) is 11.1 Å². The molecule has 0 aliphatic heterocycles. The molecule has 0 aromatic carbocycles. The maximum Gasteiger partial charge on any atom is 0.417 e. The number of rotatable bonds is 4. The monoisotopic (exact) mass is 321 g/mol. The van der Waals surface area contributed by atoms with Crippen LogP contribution in [0.1, 0.15) is 11.1 Å². The van der Waals surface area contributed by atoms with Crippen LogP contribution in [-0.4, -0.2) is 15.7 Å². The molecule has 0 radical (unpaired) electrons. The lowest BCUT2D eigenvalue weighted by Gasteiger charge is -2.13. The van der Waals surface area contributed by atoms with E-state index in [9.17, 15) is 13.2 Å². The molecule has 2 rings (SSSR count). The van der Waals surface area contributed by atoms with Crippen molar-refractivity contribution in [3.05, 3.63) is 54.4 Å². The summed E-state index contributed by atoms with van der Waals surface area (Å²) in [5, 5.41) is 9.13. The van der Waals surface area contributed by atoms with Gasteiger partial charge in [-0.25, -0.2) is 4.98 Å². The molecule has 0 N–H and O–H groups in total. The summed E-state index contributed by atoms with van der Waals surface area (Å²) >= 11 is 1.04. The summed E-state index contributed by atoms with van der Waals surface area (Å²) in [5.74, 6) is 0.360. The van der Waals surface area contributed by atoms with Gasteiger partial charge in [-0.1, -0.05) is 6.08 Å². The zero-order valence-corrected chi connectivity index (χ0v) is 12.1. The van der Waals surface area contributed by atoms with Crippen molar-refractivity contribution in [3.8, 4) is 17.3 Å². The number of nitriles is 1. The van der Waals surface area contributed by atoms with Gasteiger partial charge in [-0.05, 0) is 18.2 Å². The highest BCUT2D eigenvalue weighted by Crippen LogP contribution is 2.37. The van der Waals surface area contributed by atoms with Crippen molar-refractivity contribution in [1.29, 1.82) is 5.26 Å². The third-order valence-electron chi connectivity index (χ3n) is 2.72. The zero-order valence-electron chi connectivity index (χ0n) is 11.3. The Morgan fingerprint density at radius 1 is 1.32 bits per heavy atom. The van der Waals surface area contributed by atoms with E-state index in [4.69, 9.17) is 5.26 Å². The van der Waals surface area contributed by atoms with E-state index < -0.39 is 17.3 Å². The second-order valence-corrected chi connectivity index (χ2v) is 5.19. The highest BCUT2D eigenvalue weighted by Gasteiger charge is 2.36. The quantitative estimate of drug-likeness (QED) is 0.622. The molecule has 0 bridgehead atoms. The summed E-state index contributed by atoms with van der Waals surface area (Å²) in [6.07, 6.45) is -0.142. The summed E-state index contributed by atoms with van der Waals surface area (Å²) in [6, 6.07) is 5.63. The minimum atomic E-state index is -4.63. The average molecular weight is 321 g/mol. The van der Waals surface area contributed by atoms with Crippen LogP contribution >= 0.6 is 11.8 Å². The Morgan fingerprint density at radius 2 is 2.00 bits per heavy atom. The third kappa shape index (κ3) is 3.46. The first-order valence-corrected chi connectivity index (χ1v) is 7.12. The molecule has 0 saturated carbocycles. The summed E-state index contributed by atoms with van der Waals surface area (Å²) in [7, 11) is 0. The van der Waals surface area contributed by atoms with E-state index >= 15 is 0 Å². The van der Waals surface area contributed by atoms with Crippen LogP contribution in [0.25, 0.3) is 11.3 Å². The zero-order chi connectivity index (χ0) is 16.2. The van der Waals surface area contributed by atoms with E-state index in [0.29, 0.717) is 11.3 Å². The molecular formula is C15H10F3N3S. The predicted octanol–water partition coefficient (Wildman–Crippen LogP) is 4.31. The minimum Gasteiger partial charge on any atom is -0.265 e. The number of hydrogen-bond donors (Lipinski definition) is 0. The van der Waals surface area contributed by atoms with Gasteiger partial charge < -0.3 is 0 Å². The topological polar surface area (TPSA) is 49.6 Å². The van der Waals surface area contributed by atoms with E-state index in [1.165, 1.54) is 12.4 Å². The lowest BCUT2D eigenvalue weighted by Crippen LogP contribution is -2.10. The lowest BCUT2D eigenvalue weighted by atomic mass is 10.1. The molecule has 0 unspecified atom stereocenters. The van der Waals surface area contributed by atoms with Gasteiger partial charge >= 0.3 is 6.18 Å². The Labute approximate surface area is 129 Å². The highest BCUT2D eigenvalue weighted by molar-refractivity contribution is 7.99. The van der Waals surface area contributed by atoms with Crippen LogP contribution in [0.15, 0.2) is 48.3 Å². The predicted molar refractivity (Wildman–Crippen MR) is 78.1 cm³/mol. The van der Waals surface area contributed by atoms with Gasteiger partial charge in [0.25, 0.3) is 0 Å². The molecular weight excluding hydrogens is 311 g/mol. The van der Waals surface area contributed by atoms with Gasteiger partial charge in [0, 0.05) is 23.7 Å². The highest BCUT2D eigenvalue weighted by atomic mass is 32.2. The van der Waals surface area contributed by atoms with Crippen LogP contribution < -0.4 is 0 Å². The Kier molecular flexibility index (Phi) is 4.83. The van der Waals surface area contributed by atoms with E-state index in [1.807, 2.05) is 0 Å². The normalized spacial score (nSPS) is 11.0. The van der Waals surface area contributed by atoms with Crippen molar-refractivity contribution >= 4 is 11.8 Å². The second kappa shape index (κ2) is 6.62. The Hall–Kier alpha value is -2.33. The van der Waals surface area contributed by atoms with Crippen molar-refractivity contribution < 1.29 is 13.2 Å². The van der Waals surface area contributed by atoms with E-state index in [1.54, 1.807) is 24.3 Å². The minimum absolute atomic E-state index is 0.0454. The molecule has 0 atom stereocenters. The summed E-state index contributed by atoms with van der Waals surface area (Å²) in [6.45, 7) is 3.52. The Balaban J connectivity index is 2.67. The Morgan fingerprint density at radius 3 is 2.55 bits per heavy atom.